The molecular formula is C25H31N3O5S. The average molecular weight is 486 g/mol. The van der Waals surface area contributed by atoms with Gasteiger partial charge in [0.25, 0.3) is 5.91 Å². The van der Waals surface area contributed by atoms with Crippen LogP contribution in [-0.2, 0) is 14.3 Å². The number of carbonyl (C=O) groups is 3. The molecular weight excluding hydrogens is 454 g/mol. The van der Waals surface area contributed by atoms with Crippen molar-refractivity contribution in [2.45, 2.75) is 37.8 Å². The van der Waals surface area contributed by atoms with E-state index in [-0.39, 0.29) is 23.9 Å². The summed E-state index contributed by atoms with van der Waals surface area (Å²) < 4.78 is 10.4. The standard InChI is InChI=1S/C25H31N3O5S/c1-3-33-25(31)27-12-10-17(11-13-27)26-23(29)21-18-7-4-5-8-19(18)24(30)28(14-15-32-2)22(21)20-9-6-16-34-20/h4-9,16-17,21-22H,3,10-15H2,1-2H3,(H,26,29)/t21-,22+/m1/s1. The normalized spacial score (nSPS) is 20.7. The zero-order valence-electron chi connectivity index (χ0n) is 19.6. The van der Waals surface area contributed by atoms with Crippen molar-refractivity contribution >= 4 is 29.2 Å². The molecule has 2 aliphatic heterocycles. The maximum Gasteiger partial charge on any atom is 0.409 e. The van der Waals surface area contributed by atoms with Gasteiger partial charge in [0, 0.05) is 43.2 Å². The van der Waals surface area contributed by atoms with E-state index in [9.17, 15) is 14.4 Å². The summed E-state index contributed by atoms with van der Waals surface area (Å²) in [4.78, 5) is 43.7. The Morgan fingerprint density at radius 1 is 1.15 bits per heavy atom. The SMILES string of the molecule is CCOC(=O)N1CCC(NC(=O)[C@@H]2c3ccccc3C(=O)N(CCOC)[C@H]2c2cccs2)CC1. The van der Waals surface area contributed by atoms with Crippen LogP contribution in [-0.4, -0.2) is 73.7 Å². The van der Waals surface area contributed by atoms with E-state index in [1.807, 2.05) is 35.7 Å². The van der Waals surface area contributed by atoms with Crippen LogP contribution in [0.15, 0.2) is 41.8 Å². The largest absolute Gasteiger partial charge is 0.450 e. The third-order valence-electron chi connectivity index (χ3n) is 6.46. The van der Waals surface area contributed by atoms with Crippen molar-refractivity contribution < 1.29 is 23.9 Å². The summed E-state index contributed by atoms with van der Waals surface area (Å²) in [5.41, 5.74) is 1.31. The Balaban J connectivity index is 1.59. The van der Waals surface area contributed by atoms with Crippen LogP contribution in [0.1, 0.15) is 52.5 Å². The van der Waals surface area contributed by atoms with Crippen LogP contribution in [0.2, 0.25) is 0 Å². The second kappa shape index (κ2) is 11.0. The zero-order chi connectivity index (χ0) is 24.1. The van der Waals surface area contributed by atoms with Gasteiger partial charge < -0.3 is 24.6 Å². The van der Waals surface area contributed by atoms with Crippen LogP contribution in [0.5, 0.6) is 0 Å². The molecule has 1 saturated heterocycles. The van der Waals surface area contributed by atoms with E-state index >= 15 is 0 Å². The molecule has 2 aromatic rings. The quantitative estimate of drug-likeness (QED) is 0.649. The van der Waals surface area contributed by atoms with Crippen LogP contribution in [0, 0.1) is 0 Å². The molecule has 0 saturated carbocycles. The molecule has 3 heterocycles. The number of ether oxygens (including phenoxy) is 2. The summed E-state index contributed by atoms with van der Waals surface area (Å²) in [5, 5.41) is 5.19. The Morgan fingerprint density at radius 2 is 1.91 bits per heavy atom. The van der Waals surface area contributed by atoms with Crippen molar-refractivity contribution in [2.75, 3.05) is 40.0 Å². The first-order valence-corrected chi connectivity index (χ1v) is 12.6. The molecule has 0 unspecified atom stereocenters. The van der Waals surface area contributed by atoms with Gasteiger partial charge in [-0.2, -0.15) is 0 Å². The minimum absolute atomic E-state index is 0.0422. The van der Waals surface area contributed by atoms with Crippen molar-refractivity contribution in [1.82, 2.24) is 15.1 Å². The number of thiophene rings is 1. The molecule has 1 N–H and O–H groups in total. The van der Waals surface area contributed by atoms with Gasteiger partial charge in [-0.3, -0.25) is 9.59 Å². The molecule has 1 aromatic carbocycles. The van der Waals surface area contributed by atoms with Gasteiger partial charge in [-0.15, -0.1) is 11.3 Å². The van der Waals surface area contributed by atoms with E-state index in [0.717, 1.165) is 10.4 Å². The summed E-state index contributed by atoms with van der Waals surface area (Å²) in [5.74, 6) is -0.722. The van der Waals surface area contributed by atoms with Crippen LogP contribution in [0.3, 0.4) is 0 Å². The number of rotatable bonds is 7. The van der Waals surface area contributed by atoms with Crippen molar-refractivity contribution in [3.05, 3.63) is 57.8 Å². The highest BCUT2D eigenvalue weighted by molar-refractivity contribution is 7.10. The van der Waals surface area contributed by atoms with Gasteiger partial charge in [-0.1, -0.05) is 24.3 Å². The first kappa shape index (κ1) is 24.2. The topological polar surface area (TPSA) is 88.2 Å². The number of piperidine rings is 1. The second-order valence-electron chi connectivity index (χ2n) is 8.49. The number of carbonyl (C=O) groups excluding carboxylic acids is 3. The van der Waals surface area contributed by atoms with Gasteiger partial charge in [-0.05, 0) is 42.8 Å². The molecule has 1 fully saturated rings. The number of hydrogen-bond donors (Lipinski definition) is 1. The first-order valence-electron chi connectivity index (χ1n) is 11.7. The molecule has 182 valence electrons. The van der Waals surface area contributed by atoms with Gasteiger partial charge in [0.2, 0.25) is 5.91 Å². The Kier molecular flexibility index (Phi) is 7.84. The minimum atomic E-state index is -0.535. The lowest BCUT2D eigenvalue weighted by Gasteiger charge is -2.42. The summed E-state index contributed by atoms with van der Waals surface area (Å²) in [7, 11) is 1.61. The fourth-order valence-corrected chi connectivity index (χ4v) is 5.67. The zero-order valence-corrected chi connectivity index (χ0v) is 20.4. The van der Waals surface area contributed by atoms with Gasteiger partial charge in [0.15, 0.2) is 0 Å². The maximum absolute atomic E-state index is 13.8. The lowest BCUT2D eigenvalue weighted by Crippen LogP contribution is -2.51. The lowest BCUT2D eigenvalue weighted by molar-refractivity contribution is -0.125. The van der Waals surface area contributed by atoms with Crippen molar-refractivity contribution in [2.24, 2.45) is 0 Å². The molecule has 1 aromatic heterocycles. The minimum Gasteiger partial charge on any atom is -0.450 e. The third-order valence-corrected chi connectivity index (χ3v) is 7.40. The highest BCUT2D eigenvalue weighted by atomic mass is 32.1. The Bertz CT molecular complexity index is 1000. The summed E-state index contributed by atoms with van der Waals surface area (Å²) in [6.07, 6.45) is 1.02. The average Bonchev–Trinajstić information content (AvgIpc) is 3.38. The van der Waals surface area contributed by atoms with Crippen LogP contribution >= 0.6 is 11.3 Å². The molecule has 2 atom stereocenters. The van der Waals surface area contributed by atoms with Gasteiger partial charge >= 0.3 is 6.09 Å². The Labute approximate surface area is 203 Å². The van der Waals surface area contributed by atoms with Gasteiger partial charge in [0.1, 0.15) is 0 Å². The Morgan fingerprint density at radius 3 is 2.59 bits per heavy atom. The second-order valence-corrected chi connectivity index (χ2v) is 9.46. The number of fused-ring (bicyclic) bond motifs is 1. The molecule has 9 heteroatoms. The molecule has 0 aliphatic carbocycles. The summed E-state index contributed by atoms with van der Waals surface area (Å²) in [6, 6.07) is 10.9. The highest BCUT2D eigenvalue weighted by Gasteiger charge is 2.45. The third kappa shape index (κ3) is 4.95. The molecule has 4 rings (SSSR count). The van der Waals surface area contributed by atoms with E-state index in [1.165, 1.54) is 0 Å². The number of hydrogen-bond acceptors (Lipinski definition) is 6. The monoisotopic (exact) mass is 485 g/mol. The fourth-order valence-electron chi connectivity index (χ4n) is 4.80. The predicted molar refractivity (Wildman–Crippen MR) is 129 cm³/mol. The van der Waals surface area contributed by atoms with E-state index in [2.05, 4.69) is 5.32 Å². The van der Waals surface area contributed by atoms with Crippen molar-refractivity contribution in [3.63, 3.8) is 0 Å². The van der Waals surface area contributed by atoms with Gasteiger partial charge in [-0.25, -0.2) is 4.79 Å². The van der Waals surface area contributed by atoms with Crippen LogP contribution in [0.25, 0.3) is 0 Å². The molecule has 0 radical (unpaired) electrons. The smallest absolute Gasteiger partial charge is 0.409 e. The number of amides is 3. The predicted octanol–water partition coefficient (Wildman–Crippen LogP) is 3.41. The molecule has 0 bridgehead atoms. The fraction of sp³-hybridized carbons (Fsp3) is 0.480. The lowest BCUT2D eigenvalue weighted by atomic mass is 9.81. The highest BCUT2D eigenvalue weighted by Crippen LogP contribution is 2.44. The van der Waals surface area contributed by atoms with Crippen molar-refractivity contribution in [3.8, 4) is 0 Å². The molecule has 0 spiro atoms. The molecule has 34 heavy (non-hydrogen) atoms. The maximum atomic E-state index is 13.8. The van der Waals surface area contributed by atoms with E-state index in [4.69, 9.17) is 9.47 Å². The molecule has 3 amide bonds. The van der Waals surface area contributed by atoms with Crippen molar-refractivity contribution in [1.29, 1.82) is 0 Å². The first-order chi connectivity index (χ1) is 16.5. The van der Waals surface area contributed by atoms with Gasteiger partial charge in [0.05, 0.1) is 25.2 Å². The number of nitrogens with zero attached hydrogens (tertiary/aromatic N) is 2. The number of likely N-dealkylation sites (tertiary alicyclic amines) is 1. The van der Waals surface area contributed by atoms with E-state index in [1.54, 1.807) is 41.2 Å². The van der Waals surface area contributed by atoms with E-state index in [0.29, 0.717) is 51.3 Å². The van der Waals surface area contributed by atoms with Crippen LogP contribution < -0.4 is 5.32 Å². The van der Waals surface area contributed by atoms with Crippen LogP contribution in [0.4, 0.5) is 4.79 Å². The summed E-state index contributed by atoms with van der Waals surface area (Å²) in [6.45, 7) is 4.00. The Hall–Kier alpha value is -2.91. The molecule has 2 aliphatic rings. The number of nitrogens with one attached hydrogen (secondary N) is 1. The number of benzene rings is 1. The molecule has 8 nitrogen and oxygen atoms in total. The van der Waals surface area contributed by atoms with E-state index < -0.39 is 12.0 Å². The summed E-state index contributed by atoms with van der Waals surface area (Å²) >= 11 is 1.55. The number of methoxy groups -OCH3 is 1.